The number of benzene rings is 3. The van der Waals surface area contributed by atoms with E-state index in [1.807, 2.05) is 91.0 Å². The molecular weight excluding hydrogens is 468 g/mol. The molecule has 0 aromatic heterocycles. The van der Waals surface area contributed by atoms with Gasteiger partial charge in [-0.2, -0.15) is 0 Å². The summed E-state index contributed by atoms with van der Waals surface area (Å²) >= 11 is 0. The number of alkyl carbamates (subject to hydrolysis) is 1. The highest BCUT2D eigenvalue weighted by Gasteiger charge is 2.35. The van der Waals surface area contributed by atoms with E-state index in [9.17, 15) is 14.4 Å². The number of nitrogens with one attached hydrogen (secondary N) is 2. The van der Waals surface area contributed by atoms with Crippen molar-refractivity contribution in [2.24, 2.45) is 0 Å². The lowest BCUT2D eigenvalue weighted by molar-refractivity contribution is -0.145. The maximum Gasteiger partial charge on any atom is 0.408 e. The van der Waals surface area contributed by atoms with E-state index < -0.39 is 41.6 Å². The van der Waals surface area contributed by atoms with E-state index >= 15 is 0 Å². The van der Waals surface area contributed by atoms with Gasteiger partial charge >= 0.3 is 12.1 Å². The zero-order valence-corrected chi connectivity index (χ0v) is 21.6. The molecule has 37 heavy (non-hydrogen) atoms. The first-order valence-corrected chi connectivity index (χ1v) is 12.2. The summed E-state index contributed by atoms with van der Waals surface area (Å²) in [6, 6.07) is 26.2. The number of ether oxygens (including phenoxy) is 2. The van der Waals surface area contributed by atoms with Crippen LogP contribution in [0.25, 0.3) is 0 Å². The van der Waals surface area contributed by atoms with Gasteiger partial charge in [-0.15, -0.1) is 0 Å². The molecule has 2 N–H and O–H groups in total. The lowest BCUT2D eigenvalue weighted by Gasteiger charge is -2.29. The van der Waals surface area contributed by atoms with Gasteiger partial charge in [-0.1, -0.05) is 91.0 Å². The number of rotatable bonds is 9. The molecule has 0 heterocycles. The van der Waals surface area contributed by atoms with Gasteiger partial charge in [0.05, 0.1) is 7.11 Å². The monoisotopic (exact) mass is 502 g/mol. The summed E-state index contributed by atoms with van der Waals surface area (Å²) in [7, 11) is 1.29. The van der Waals surface area contributed by atoms with Gasteiger partial charge < -0.3 is 20.1 Å². The summed E-state index contributed by atoms with van der Waals surface area (Å²) in [6.45, 7) is 5.24. The molecule has 0 aliphatic carbocycles. The molecule has 0 spiro atoms. The van der Waals surface area contributed by atoms with Gasteiger partial charge in [-0.05, 0) is 37.5 Å². The standard InChI is InChI=1S/C30H34N2O5/c1-30(2,3)37-29(35)31-24(20-21-14-8-5-9-15-21)27(33)32-26(28(34)36-4)25(22-16-10-6-11-17-22)23-18-12-7-13-19-23/h5-19,24-26H,20H2,1-4H3,(H,31,35)(H,32,33)/t24-,26?/m0/s1. The van der Waals surface area contributed by atoms with E-state index in [-0.39, 0.29) is 6.42 Å². The smallest absolute Gasteiger partial charge is 0.408 e. The van der Waals surface area contributed by atoms with Crippen molar-refractivity contribution >= 4 is 18.0 Å². The lowest BCUT2D eigenvalue weighted by atomic mass is 9.84. The minimum atomic E-state index is -1.04. The predicted molar refractivity (Wildman–Crippen MR) is 142 cm³/mol. The fraction of sp³-hybridized carbons (Fsp3) is 0.300. The van der Waals surface area contributed by atoms with E-state index in [1.165, 1.54) is 7.11 Å². The third kappa shape index (κ3) is 8.20. The lowest BCUT2D eigenvalue weighted by Crippen LogP contribution is -2.55. The average molecular weight is 503 g/mol. The maximum absolute atomic E-state index is 13.7. The molecule has 7 heteroatoms. The summed E-state index contributed by atoms with van der Waals surface area (Å²) < 4.78 is 10.5. The van der Waals surface area contributed by atoms with Crippen molar-refractivity contribution in [3.8, 4) is 0 Å². The van der Waals surface area contributed by atoms with E-state index in [4.69, 9.17) is 9.47 Å². The van der Waals surface area contributed by atoms with Crippen molar-refractivity contribution in [3.05, 3.63) is 108 Å². The number of methoxy groups -OCH3 is 1. The maximum atomic E-state index is 13.7. The molecule has 7 nitrogen and oxygen atoms in total. The van der Waals surface area contributed by atoms with Crippen LogP contribution in [0.4, 0.5) is 4.79 Å². The number of esters is 1. The Morgan fingerprint density at radius 3 is 1.70 bits per heavy atom. The van der Waals surface area contributed by atoms with Crippen molar-refractivity contribution in [1.82, 2.24) is 10.6 Å². The van der Waals surface area contributed by atoms with Crippen molar-refractivity contribution in [2.75, 3.05) is 7.11 Å². The summed E-state index contributed by atoms with van der Waals surface area (Å²) in [5.41, 5.74) is 1.78. The fourth-order valence-electron chi connectivity index (χ4n) is 4.07. The Balaban J connectivity index is 1.95. The largest absolute Gasteiger partial charge is 0.467 e. The molecule has 0 fully saturated rings. The average Bonchev–Trinajstić information content (AvgIpc) is 2.88. The quantitative estimate of drug-likeness (QED) is 0.417. The van der Waals surface area contributed by atoms with Crippen LogP contribution in [0.3, 0.4) is 0 Å². The van der Waals surface area contributed by atoms with Crippen LogP contribution >= 0.6 is 0 Å². The van der Waals surface area contributed by atoms with Crippen LogP contribution in [-0.4, -0.2) is 42.8 Å². The second-order valence-electron chi connectivity index (χ2n) is 9.70. The van der Waals surface area contributed by atoms with Gasteiger partial charge in [0.15, 0.2) is 0 Å². The molecule has 3 aromatic carbocycles. The molecule has 3 aromatic rings. The van der Waals surface area contributed by atoms with Gasteiger partial charge in [-0.3, -0.25) is 4.79 Å². The molecule has 1 unspecified atom stereocenters. The molecule has 0 saturated carbocycles. The zero-order chi connectivity index (χ0) is 26.8. The van der Waals surface area contributed by atoms with E-state index in [2.05, 4.69) is 10.6 Å². The van der Waals surface area contributed by atoms with Crippen LogP contribution in [0.2, 0.25) is 0 Å². The van der Waals surface area contributed by atoms with Gasteiger partial charge in [0.2, 0.25) is 5.91 Å². The zero-order valence-electron chi connectivity index (χ0n) is 21.6. The van der Waals surface area contributed by atoms with E-state index in [0.29, 0.717) is 0 Å². The second kappa shape index (κ2) is 12.7. The number of carbonyl (C=O) groups excluding carboxylic acids is 3. The normalized spacial score (nSPS) is 12.8. The molecule has 0 bridgehead atoms. The third-order valence-corrected chi connectivity index (χ3v) is 5.69. The number of hydrogen-bond donors (Lipinski definition) is 2. The SMILES string of the molecule is COC(=O)C(NC(=O)[C@H](Cc1ccccc1)NC(=O)OC(C)(C)C)C(c1ccccc1)c1ccccc1. The van der Waals surface area contributed by atoms with Crippen LogP contribution in [-0.2, 0) is 25.5 Å². The van der Waals surface area contributed by atoms with Gasteiger partial charge in [-0.25, -0.2) is 9.59 Å². The molecule has 0 aliphatic heterocycles. The summed E-state index contributed by atoms with van der Waals surface area (Å²) in [5, 5.41) is 5.55. The van der Waals surface area contributed by atoms with E-state index in [1.54, 1.807) is 20.8 Å². The Bertz CT molecular complexity index is 1120. The highest BCUT2D eigenvalue weighted by molar-refractivity contribution is 5.90. The van der Waals surface area contributed by atoms with Crippen LogP contribution in [0, 0.1) is 0 Å². The van der Waals surface area contributed by atoms with Crippen molar-refractivity contribution in [1.29, 1.82) is 0 Å². The Hall–Kier alpha value is -4.13. The number of carbonyl (C=O) groups is 3. The van der Waals surface area contributed by atoms with Crippen LogP contribution in [0.1, 0.15) is 43.4 Å². The van der Waals surface area contributed by atoms with Crippen LogP contribution in [0.5, 0.6) is 0 Å². The highest BCUT2D eigenvalue weighted by Crippen LogP contribution is 2.29. The molecule has 0 saturated heterocycles. The topological polar surface area (TPSA) is 93.7 Å². The predicted octanol–water partition coefficient (Wildman–Crippen LogP) is 4.61. The first-order valence-electron chi connectivity index (χ1n) is 12.2. The first kappa shape index (κ1) is 27.5. The molecule has 0 radical (unpaired) electrons. The highest BCUT2D eigenvalue weighted by atomic mass is 16.6. The Morgan fingerprint density at radius 1 is 0.757 bits per heavy atom. The number of amides is 2. The number of hydrogen-bond acceptors (Lipinski definition) is 5. The molecule has 0 aliphatic rings. The molecule has 194 valence electrons. The van der Waals surface area contributed by atoms with E-state index in [0.717, 1.165) is 16.7 Å². The third-order valence-electron chi connectivity index (χ3n) is 5.69. The minimum Gasteiger partial charge on any atom is -0.467 e. The summed E-state index contributed by atoms with van der Waals surface area (Å²) in [6.07, 6.45) is -0.512. The molecule has 2 atom stereocenters. The Morgan fingerprint density at radius 2 is 1.24 bits per heavy atom. The van der Waals surface area contributed by atoms with Crippen molar-refractivity contribution in [2.45, 2.75) is 50.8 Å². The summed E-state index contributed by atoms with van der Waals surface area (Å²) in [5.74, 6) is -1.64. The Kier molecular flexibility index (Phi) is 9.44. The summed E-state index contributed by atoms with van der Waals surface area (Å²) in [4.78, 5) is 39.3. The second-order valence-corrected chi connectivity index (χ2v) is 9.70. The molecule has 3 rings (SSSR count). The van der Waals surface area contributed by atoms with Gasteiger partial charge in [0.25, 0.3) is 0 Å². The first-order chi connectivity index (χ1) is 17.7. The van der Waals surface area contributed by atoms with Gasteiger partial charge in [0, 0.05) is 12.3 Å². The van der Waals surface area contributed by atoms with Gasteiger partial charge in [0.1, 0.15) is 17.7 Å². The Labute approximate surface area is 218 Å². The fourth-order valence-corrected chi connectivity index (χ4v) is 4.07. The minimum absolute atomic E-state index is 0.209. The molecular formula is C30H34N2O5. The van der Waals surface area contributed by atoms with Crippen LogP contribution in [0.15, 0.2) is 91.0 Å². The van der Waals surface area contributed by atoms with Crippen LogP contribution < -0.4 is 10.6 Å². The molecule has 2 amide bonds. The van der Waals surface area contributed by atoms with Crippen molar-refractivity contribution < 1.29 is 23.9 Å². The van der Waals surface area contributed by atoms with Crippen molar-refractivity contribution in [3.63, 3.8) is 0 Å².